The van der Waals surface area contributed by atoms with Gasteiger partial charge in [-0.2, -0.15) is 4.98 Å². The highest BCUT2D eigenvalue weighted by molar-refractivity contribution is 9.10. The number of nitrogens with zero attached hydrogens (tertiary/aromatic N) is 2. The second kappa shape index (κ2) is 5.51. The van der Waals surface area contributed by atoms with Crippen molar-refractivity contribution in [2.75, 3.05) is 10.7 Å². The van der Waals surface area contributed by atoms with Crippen molar-refractivity contribution in [3.05, 3.63) is 39.7 Å². The van der Waals surface area contributed by atoms with Gasteiger partial charge in [0.2, 0.25) is 5.95 Å². The third-order valence-corrected chi connectivity index (χ3v) is 4.13. The first-order chi connectivity index (χ1) is 10.1. The lowest BCUT2D eigenvalue weighted by Crippen LogP contribution is -2.11. The van der Waals surface area contributed by atoms with Gasteiger partial charge in [0, 0.05) is 6.07 Å². The third-order valence-electron chi connectivity index (χ3n) is 2.72. The maximum absolute atomic E-state index is 13.8. The zero-order valence-electron chi connectivity index (χ0n) is 10.3. The van der Waals surface area contributed by atoms with Crippen LogP contribution < -0.4 is 16.6 Å². The molecule has 21 heavy (non-hydrogen) atoms. The molecule has 5 nitrogen and oxygen atoms in total. The Morgan fingerprint density at radius 2 is 2.00 bits per heavy atom. The largest absolute Gasteiger partial charge is 0.337 e. The zero-order valence-corrected chi connectivity index (χ0v) is 12.7. The molecule has 0 unspecified atom stereocenters. The van der Waals surface area contributed by atoms with Gasteiger partial charge in [-0.3, -0.25) is 5.43 Å². The molecular weight excluding hydrogens is 364 g/mol. The summed E-state index contributed by atoms with van der Waals surface area (Å²) in [4.78, 5) is 9.03. The number of nitrogens with two attached hydrogens (primary N) is 1. The highest BCUT2D eigenvalue weighted by Gasteiger charge is 2.13. The molecule has 0 aliphatic heterocycles. The molecule has 0 fully saturated rings. The van der Waals surface area contributed by atoms with Gasteiger partial charge in [0.25, 0.3) is 0 Å². The molecule has 0 atom stereocenters. The Bertz CT molecular complexity index is 823. The first-order valence-corrected chi connectivity index (χ1v) is 7.39. The lowest BCUT2D eigenvalue weighted by Gasteiger charge is -2.10. The number of hydrogen-bond acceptors (Lipinski definition) is 6. The topological polar surface area (TPSA) is 75.9 Å². The SMILES string of the molecule is NNc1nc(Nc2cc(Br)c(F)cc2F)c2ccsc2n1. The number of hydrazine groups is 1. The van der Waals surface area contributed by atoms with Crippen molar-refractivity contribution in [1.29, 1.82) is 0 Å². The molecule has 0 saturated heterocycles. The van der Waals surface area contributed by atoms with Crippen molar-refractivity contribution in [3.8, 4) is 0 Å². The van der Waals surface area contributed by atoms with Crippen molar-refractivity contribution in [1.82, 2.24) is 9.97 Å². The number of anilines is 3. The molecule has 3 rings (SSSR count). The van der Waals surface area contributed by atoms with E-state index in [0.717, 1.165) is 11.5 Å². The summed E-state index contributed by atoms with van der Waals surface area (Å²) in [6.45, 7) is 0. The monoisotopic (exact) mass is 371 g/mol. The van der Waals surface area contributed by atoms with Gasteiger partial charge in [0.15, 0.2) is 0 Å². The molecule has 2 heterocycles. The number of rotatable bonds is 3. The summed E-state index contributed by atoms with van der Waals surface area (Å²) < 4.78 is 27.2. The van der Waals surface area contributed by atoms with Gasteiger partial charge < -0.3 is 5.32 Å². The Hall–Kier alpha value is -1.84. The van der Waals surface area contributed by atoms with Crippen LogP contribution in [0, 0.1) is 11.6 Å². The van der Waals surface area contributed by atoms with Crippen LogP contribution in [0.2, 0.25) is 0 Å². The molecule has 0 radical (unpaired) electrons. The number of thiophene rings is 1. The van der Waals surface area contributed by atoms with E-state index in [2.05, 4.69) is 36.6 Å². The second-order valence-corrected chi connectivity index (χ2v) is 5.80. The molecule has 0 bridgehead atoms. The predicted molar refractivity (Wildman–Crippen MR) is 82.6 cm³/mol. The first kappa shape index (κ1) is 14.1. The molecule has 0 saturated carbocycles. The van der Waals surface area contributed by atoms with E-state index in [1.165, 1.54) is 17.4 Å². The molecule has 0 aliphatic carbocycles. The molecule has 0 spiro atoms. The minimum atomic E-state index is -0.722. The highest BCUT2D eigenvalue weighted by Crippen LogP contribution is 2.31. The fraction of sp³-hybridized carbons (Fsp3) is 0. The minimum absolute atomic E-state index is 0.0949. The minimum Gasteiger partial charge on any atom is -0.337 e. The Morgan fingerprint density at radius 1 is 1.19 bits per heavy atom. The summed E-state index contributed by atoms with van der Waals surface area (Å²) >= 11 is 4.42. The standard InChI is InChI=1S/C12H8BrF2N5S/c13-6-3-9(8(15)4-7(6)14)17-10-5-1-2-21-11(5)19-12(18-10)20-16/h1-4H,16H2,(H2,17,18,19,20). The maximum atomic E-state index is 13.8. The molecule has 2 aromatic heterocycles. The second-order valence-electron chi connectivity index (χ2n) is 4.05. The van der Waals surface area contributed by atoms with Crippen LogP contribution in [0.5, 0.6) is 0 Å². The third kappa shape index (κ3) is 2.67. The summed E-state index contributed by atoms with van der Waals surface area (Å²) in [5.74, 6) is 4.50. The fourth-order valence-corrected chi connectivity index (χ4v) is 2.87. The molecule has 0 amide bonds. The van der Waals surface area contributed by atoms with Gasteiger partial charge in [-0.1, -0.05) is 0 Å². The van der Waals surface area contributed by atoms with Gasteiger partial charge in [0.05, 0.1) is 15.5 Å². The molecule has 108 valence electrons. The van der Waals surface area contributed by atoms with Crippen molar-refractivity contribution < 1.29 is 8.78 Å². The highest BCUT2D eigenvalue weighted by atomic mass is 79.9. The molecule has 0 aliphatic rings. The van der Waals surface area contributed by atoms with Gasteiger partial charge in [-0.25, -0.2) is 19.6 Å². The van der Waals surface area contributed by atoms with Gasteiger partial charge >= 0.3 is 0 Å². The van der Waals surface area contributed by atoms with E-state index in [0.29, 0.717) is 10.6 Å². The summed E-state index contributed by atoms with van der Waals surface area (Å²) in [6.07, 6.45) is 0. The van der Waals surface area contributed by atoms with Gasteiger partial charge in [-0.05, 0) is 33.4 Å². The van der Waals surface area contributed by atoms with Crippen LogP contribution in [0.1, 0.15) is 0 Å². The molecule has 9 heteroatoms. The number of halogens is 3. The van der Waals surface area contributed by atoms with Crippen molar-refractivity contribution in [2.24, 2.45) is 5.84 Å². The van der Waals surface area contributed by atoms with Crippen LogP contribution in [0.3, 0.4) is 0 Å². The van der Waals surface area contributed by atoms with E-state index < -0.39 is 11.6 Å². The Kier molecular flexibility index (Phi) is 3.70. The Labute approximate surface area is 130 Å². The summed E-state index contributed by atoms with van der Waals surface area (Å²) in [5.41, 5.74) is 2.45. The van der Waals surface area contributed by atoms with E-state index in [1.54, 1.807) is 6.07 Å². The summed E-state index contributed by atoms with van der Waals surface area (Å²) in [7, 11) is 0. The average molecular weight is 372 g/mol. The van der Waals surface area contributed by atoms with Crippen molar-refractivity contribution >= 4 is 54.9 Å². The van der Waals surface area contributed by atoms with Crippen LogP contribution in [-0.2, 0) is 0 Å². The number of nitrogens with one attached hydrogen (secondary N) is 2. The Morgan fingerprint density at radius 3 is 2.76 bits per heavy atom. The summed E-state index contributed by atoms with van der Waals surface area (Å²) in [6, 6.07) is 3.90. The Balaban J connectivity index is 2.09. The van der Waals surface area contributed by atoms with Crippen LogP contribution in [0.25, 0.3) is 10.2 Å². The molecular formula is C12H8BrF2N5S. The van der Waals surface area contributed by atoms with E-state index >= 15 is 0 Å². The lowest BCUT2D eigenvalue weighted by molar-refractivity contribution is 0.581. The van der Waals surface area contributed by atoms with E-state index in [9.17, 15) is 8.78 Å². The number of nitrogen functional groups attached to an aromatic ring is 1. The molecule has 1 aromatic carbocycles. The van der Waals surface area contributed by atoms with Crippen LogP contribution >= 0.6 is 27.3 Å². The quantitative estimate of drug-likeness (QED) is 0.371. The first-order valence-electron chi connectivity index (χ1n) is 5.72. The molecule has 4 N–H and O–H groups in total. The number of aromatic nitrogens is 2. The smallest absolute Gasteiger partial charge is 0.240 e. The molecule has 3 aromatic rings. The normalized spacial score (nSPS) is 10.9. The maximum Gasteiger partial charge on any atom is 0.240 e. The van der Waals surface area contributed by atoms with Crippen molar-refractivity contribution in [3.63, 3.8) is 0 Å². The van der Waals surface area contributed by atoms with Crippen LogP contribution in [-0.4, -0.2) is 9.97 Å². The van der Waals surface area contributed by atoms with Crippen LogP contribution in [0.4, 0.5) is 26.2 Å². The number of benzene rings is 1. The predicted octanol–water partition coefficient (Wildman–Crippen LogP) is 3.76. The number of hydrogen-bond donors (Lipinski definition) is 3. The van der Waals surface area contributed by atoms with E-state index in [-0.39, 0.29) is 16.1 Å². The van der Waals surface area contributed by atoms with Crippen LogP contribution in [0.15, 0.2) is 28.1 Å². The lowest BCUT2D eigenvalue weighted by atomic mass is 10.3. The summed E-state index contributed by atoms with van der Waals surface area (Å²) in [5, 5.41) is 5.39. The average Bonchev–Trinajstić information content (AvgIpc) is 2.93. The fourth-order valence-electron chi connectivity index (χ4n) is 1.76. The van der Waals surface area contributed by atoms with E-state index in [1.807, 2.05) is 5.38 Å². The van der Waals surface area contributed by atoms with Gasteiger partial charge in [-0.15, -0.1) is 11.3 Å². The number of fused-ring (bicyclic) bond motifs is 1. The van der Waals surface area contributed by atoms with Crippen molar-refractivity contribution in [2.45, 2.75) is 0 Å². The van der Waals surface area contributed by atoms with Gasteiger partial charge in [0.1, 0.15) is 22.3 Å². The zero-order chi connectivity index (χ0) is 15.0. The van der Waals surface area contributed by atoms with E-state index in [4.69, 9.17) is 5.84 Å².